The van der Waals surface area contributed by atoms with Crippen LogP contribution in [0.25, 0.3) is 27.6 Å². The highest BCUT2D eigenvalue weighted by atomic mass is 16.5. The molecule has 0 saturated carbocycles. The Morgan fingerprint density at radius 3 is 2.21 bits per heavy atom. The third kappa shape index (κ3) is 5.06. The molecule has 47 heavy (non-hydrogen) atoms. The second-order valence-corrected chi connectivity index (χ2v) is 13.4. The van der Waals surface area contributed by atoms with Gasteiger partial charge in [-0.1, -0.05) is 63.2 Å². The number of fused-ring (bicyclic) bond motifs is 4. The van der Waals surface area contributed by atoms with Gasteiger partial charge >= 0.3 is 0 Å². The van der Waals surface area contributed by atoms with E-state index in [1.165, 1.54) is 16.3 Å². The van der Waals surface area contributed by atoms with E-state index in [0.29, 0.717) is 6.67 Å². The number of aromatic nitrogens is 3. The lowest BCUT2D eigenvalue weighted by atomic mass is 9.88. The highest BCUT2D eigenvalue weighted by Crippen LogP contribution is 2.45. The normalized spacial score (nSPS) is 13.0. The molecule has 6 heteroatoms. The SMILES string of the molecule is Cc1cnc(N2CN(c3cccc(Oc4ccc5c6ccccc6n(-c6cc(C(C)(C)C)ccn6)c5c4)c3)c3ccccc32)c(C)c1. The molecule has 0 N–H and O–H groups in total. The summed E-state index contributed by atoms with van der Waals surface area (Å²) in [5.74, 6) is 3.43. The van der Waals surface area contributed by atoms with E-state index in [0.717, 1.165) is 62.4 Å². The van der Waals surface area contributed by atoms with Gasteiger partial charge in [-0.05, 0) is 90.6 Å². The molecule has 232 valence electrons. The van der Waals surface area contributed by atoms with Gasteiger partial charge in [0.25, 0.3) is 0 Å². The largest absolute Gasteiger partial charge is 0.457 e. The number of para-hydroxylation sites is 3. The molecule has 4 heterocycles. The van der Waals surface area contributed by atoms with E-state index in [9.17, 15) is 0 Å². The molecule has 0 spiro atoms. The molecule has 6 nitrogen and oxygen atoms in total. The molecular weight excluding hydrogens is 578 g/mol. The fourth-order valence-corrected chi connectivity index (χ4v) is 6.73. The van der Waals surface area contributed by atoms with E-state index in [4.69, 9.17) is 14.7 Å². The summed E-state index contributed by atoms with van der Waals surface area (Å²) in [6.45, 7) is 11.6. The van der Waals surface area contributed by atoms with Gasteiger partial charge in [0.05, 0.1) is 22.4 Å². The maximum Gasteiger partial charge on any atom is 0.137 e. The first kappa shape index (κ1) is 28.8. The molecule has 3 aromatic heterocycles. The predicted octanol–water partition coefficient (Wildman–Crippen LogP) is 10.5. The minimum absolute atomic E-state index is 0.0120. The quantitative estimate of drug-likeness (QED) is 0.193. The molecule has 0 radical (unpaired) electrons. The number of nitrogens with zero attached hydrogens (tertiary/aromatic N) is 5. The zero-order valence-electron chi connectivity index (χ0n) is 27.4. The van der Waals surface area contributed by atoms with Crippen molar-refractivity contribution in [1.29, 1.82) is 0 Å². The molecule has 0 unspecified atom stereocenters. The standard InChI is InChI=1S/C41H37N5O/c1-27-21-28(2)40(43-25-27)45-26-44(36-15-8-9-16-37(36)45)30-11-10-12-31(23-30)47-32-17-18-34-33-13-6-7-14-35(33)46(38(34)24-32)39-22-29(19-20-42-39)41(3,4)5/h6-25H,26H2,1-5H3. The second kappa shape index (κ2) is 11.0. The van der Waals surface area contributed by atoms with Crippen molar-refractivity contribution in [2.45, 2.75) is 40.0 Å². The minimum Gasteiger partial charge on any atom is -0.457 e. The third-order valence-electron chi connectivity index (χ3n) is 9.04. The van der Waals surface area contributed by atoms with Gasteiger partial charge in [-0.2, -0.15) is 0 Å². The van der Waals surface area contributed by atoms with Crippen molar-refractivity contribution in [2.24, 2.45) is 0 Å². The fraction of sp³-hybridized carbons (Fsp3) is 0.171. The van der Waals surface area contributed by atoms with Crippen molar-refractivity contribution >= 4 is 44.7 Å². The zero-order chi connectivity index (χ0) is 32.3. The van der Waals surface area contributed by atoms with Crippen LogP contribution in [0.1, 0.15) is 37.5 Å². The van der Waals surface area contributed by atoms with Crippen molar-refractivity contribution in [3.8, 4) is 17.3 Å². The number of anilines is 4. The molecule has 1 aliphatic heterocycles. The van der Waals surface area contributed by atoms with Crippen LogP contribution in [0.3, 0.4) is 0 Å². The van der Waals surface area contributed by atoms with E-state index in [2.05, 4.69) is 152 Å². The van der Waals surface area contributed by atoms with E-state index in [-0.39, 0.29) is 5.41 Å². The van der Waals surface area contributed by atoms with Gasteiger partial charge in [0, 0.05) is 41.0 Å². The fourth-order valence-electron chi connectivity index (χ4n) is 6.73. The molecule has 0 aliphatic carbocycles. The smallest absolute Gasteiger partial charge is 0.137 e. The lowest BCUT2D eigenvalue weighted by Crippen LogP contribution is -2.25. The average molecular weight is 616 g/mol. The Hall–Kier alpha value is -5.62. The Balaban J connectivity index is 1.16. The third-order valence-corrected chi connectivity index (χ3v) is 9.04. The Labute approximate surface area is 275 Å². The first-order valence-corrected chi connectivity index (χ1v) is 16.1. The van der Waals surface area contributed by atoms with Gasteiger partial charge < -0.3 is 14.5 Å². The number of hydrogen-bond donors (Lipinski definition) is 0. The van der Waals surface area contributed by atoms with Gasteiger partial charge in [-0.15, -0.1) is 0 Å². The van der Waals surface area contributed by atoms with Gasteiger partial charge in [-0.25, -0.2) is 9.97 Å². The van der Waals surface area contributed by atoms with Crippen LogP contribution in [0.5, 0.6) is 11.5 Å². The number of benzene rings is 4. The van der Waals surface area contributed by atoms with Crippen molar-refractivity contribution in [3.63, 3.8) is 0 Å². The van der Waals surface area contributed by atoms with Gasteiger partial charge in [0.1, 0.15) is 29.8 Å². The number of rotatable bonds is 5. The van der Waals surface area contributed by atoms with Crippen LogP contribution < -0.4 is 14.5 Å². The van der Waals surface area contributed by atoms with Crippen LogP contribution in [-0.2, 0) is 5.41 Å². The molecule has 7 aromatic rings. The average Bonchev–Trinajstić information content (AvgIpc) is 3.61. The Kier molecular flexibility index (Phi) is 6.76. The number of ether oxygens (including phenoxy) is 1. The summed E-state index contributed by atoms with van der Waals surface area (Å²) < 4.78 is 8.85. The number of pyridine rings is 2. The molecule has 0 bridgehead atoms. The summed E-state index contributed by atoms with van der Waals surface area (Å²) in [6.07, 6.45) is 3.85. The summed E-state index contributed by atoms with van der Waals surface area (Å²) in [6, 6.07) is 38.2. The molecule has 0 saturated heterocycles. The summed E-state index contributed by atoms with van der Waals surface area (Å²) in [5.41, 5.74) is 9.09. The van der Waals surface area contributed by atoms with E-state index >= 15 is 0 Å². The van der Waals surface area contributed by atoms with Crippen LogP contribution in [0.15, 0.2) is 122 Å². The van der Waals surface area contributed by atoms with Crippen molar-refractivity contribution in [3.05, 3.63) is 138 Å². The first-order chi connectivity index (χ1) is 22.7. The summed E-state index contributed by atoms with van der Waals surface area (Å²) in [4.78, 5) is 14.2. The highest BCUT2D eigenvalue weighted by molar-refractivity contribution is 6.09. The Morgan fingerprint density at radius 2 is 1.40 bits per heavy atom. The van der Waals surface area contributed by atoms with Crippen LogP contribution in [0.2, 0.25) is 0 Å². The number of aryl methyl sites for hydroxylation is 2. The van der Waals surface area contributed by atoms with Crippen LogP contribution >= 0.6 is 0 Å². The molecule has 8 rings (SSSR count). The van der Waals surface area contributed by atoms with E-state index in [1.54, 1.807) is 0 Å². The molecule has 0 fully saturated rings. The van der Waals surface area contributed by atoms with Crippen molar-refractivity contribution in [1.82, 2.24) is 14.5 Å². The summed E-state index contributed by atoms with van der Waals surface area (Å²) in [5, 5.41) is 2.35. The van der Waals surface area contributed by atoms with E-state index < -0.39 is 0 Å². The lowest BCUT2D eigenvalue weighted by Gasteiger charge is -2.23. The monoisotopic (exact) mass is 615 g/mol. The highest BCUT2D eigenvalue weighted by Gasteiger charge is 2.29. The van der Waals surface area contributed by atoms with Crippen molar-refractivity contribution < 1.29 is 4.74 Å². The summed E-state index contributed by atoms with van der Waals surface area (Å²) >= 11 is 0. The topological polar surface area (TPSA) is 46.4 Å². The zero-order valence-corrected chi connectivity index (χ0v) is 27.4. The van der Waals surface area contributed by atoms with E-state index in [1.807, 2.05) is 18.5 Å². The molecule has 0 amide bonds. The number of hydrogen-bond acceptors (Lipinski definition) is 5. The molecule has 0 atom stereocenters. The van der Waals surface area contributed by atoms with Crippen LogP contribution in [0.4, 0.5) is 22.9 Å². The van der Waals surface area contributed by atoms with Gasteiger partial charge in [0.15, 0.2) is 0 Å². The molecular formula is C41H37N5O. The second-order valence-electron chi connectivity index (χ2n) is 13.4. The maximum atomic E-state index is 6.60. The van der Waals surface area contributed by atoms with Crippen LogP contribution in [-0.4, -0.2) is 21.2 Å². The molecule has 1 aliphatic rings. The van der Waals surface area contributed by atoms with Crippen molar-refractivity contribution in [2.75, 3.05) is 16.5 Å². The Bertz CT molecular complexity index is 2300. The molecule has 4 aromatic carbocycles. The first-order valence-electron chi connectivity index (χ1n) is 16.1. The minimum atomic E-state index is 0.0120. The Morgan fingerprint density at radius 1 is 0.660 bits per heavy atom. The van der Waals surface area contributed by atoms with Gasteiger partial charge in [-0.3, -0.25) is 4.57 Å². The predicted molar refractivity (Wildman–Crippen MR) is 193 cm³/mol. The van der Waals surface area contributed by atoms with Gasteiger partial charge in [0.2, 0.25) is 0 Å². The lowest BCUT2D eigenvalue weighted by molar-refractivity contribution is 0.483. The maximum absolute atomic E-state index is 6.60. The summed E-state index contributed by atoms with van der Waals surface area (Å²) in [7, 11) is 0. The van der Waals surface area contributed by atoms with Crippen LogP contribution in [0, 0.1) is 13.8 Å².